The molecule has 3 aromatic heterocycles. The average molecular weight is 543 g/mol. The molecule has 0 amide bonds. The topological polar surface area (TPSA) is 152 Å². The summed E-state index contributed by atoms with van der Waals surface area (Å²) in [5.74, 6) is 1.46. The molecule has 1 aromatic carbocycles. The van der Waals surface area contributed by atoms with Gasteiger partial charge in [-0.05, 0) is 31.7 Å². The monoisotopic (exact) mass is 542 g/mol. The van der Waals surface area contributed by atoms with E-state index < -0.39 is 15.6 Å². The number of methoxy groups -OCH3 is 1. The zero-order chi connectivity index (χ0) is 27.0. The van der Waals surface area contributed by atoms with Crippen molar-refractivity contribution in [1.82, 2.24) is 39.1 Å². The minimum atomic E-state index is -3.75. The smallest absolute Gasteiger partial charge is 0.279 e. The maximum Gasteiger partial charge on any atom is 0.279 e. The molecule has 13 nitrogen and oxygen atoms in total. The molecule has 0 aliphatic carbocycles. The highest BCUT2D eigenvalue weighted by Gasteiger charge is 2.29. The Hall–Kier alpha value is -3.62. The van der Waals surface area contributed by atoms with Gasteiger partial charge in [0, 0.05) is 33.1 Å². The van der Waals surface area contributed by atoms with Crippen molar-refractivity contribution < 1.29 is 17.7 Å². The number of nitrogens with one attached hydrogen (secondary N) is 1. The number of hydrogen-bond donors (Lipinski definition) is 1. The Balaban J connectivity index is 1.60. The number of H-pyrrole nitrogens is 1. The van der Waals surface area contributed by atoms with Gasteiger partial charge in [0.1, 0.15) is 23.6 Å². The highest BCUT2D eigenvalue weighted by Crippen LogP contribution is 2.32. The van der Waals surface area contributed by atoms with Crippen LogP contribution in [0.25, 0.3) is 22.4 Å². The SMILES string of the molecule is CCCc1c2nc(-c3cc(S(=O)(=O)N4CCN(C)CC4)ccc3OC)[nH]c(=O)c2nn1Cc1noc(C)n1. The van der Waals surface area contributed by atoms with Gasteiger partial charge in [-0.15, -0.1) is 0 Å². The normalized spacial score (nSPS) is 15.4. The van der Waals surface area contributed by atoms with Crippen molar-refractivity contribution >= 4 is 21.1 Å². The lowest BCUT2D eigenvalue weighted by molar-refractivity contribution is 0.222. The maximum absolute atomic E-state index is 13.4. The summed E-state index contributed by atoms with van der Waals surface area (Å²) in [6.45, 7) is 6.06. The molecule has 0 spiro atoms. The molecule has 1 fully saturated rings. The van der Waals surface area contributed by atoms with Crippen LogP contribution in [0, 0.1) is 6.92 Å². The first-order valence-electron chi connectivity index (χ1n) is 12.4. The lowest BCUT2D eigenvalue weighted by atomic mass is 10.1. The van der Waals surface area contributed by atoms with Crippen LogP contribution in [0.3, 0.4) is 0 Å². The zero-order valence-electron chi connectivity index (χ0n) is 21.8. The van der Waals surface area contributed by atoms with Crippen molar-refractivity contribution in [3.8, 4) is 17.1 Å². The molecule has 0 saturated carbocycles. The molecule has 5 rings (SSSR count). The number of aryl methyl sites for hydroxylation is 2. The van der Waals surface area contributed by atoms with Crippen molar-refractivity contribution in [2.75, 3.05) is 40.3 Å². The number of nitrogens with zero attached hydrogens (tertiary/aromatic N) is 7. The first kappa shape index (κ1) is 26.0. The molecule has 0 bridgehead atoms. The molecule has 4 heterocycles. The Labute approximate surface area is 219 Å². The van der Waals surface area contributed by atoms with E-state index in [2.05, 4.69) is 25.1 Å². The van der Waals surface area contributed by atoms with Gasteiger partial charge in [0.25, 0.3) is 5.56 Å². The number of aromatic amines is 1. The number of hydrogen-bond acceptors (Lipinski definition) is 10. The van der Waals surface area contributed by atoms with Crippen LogP contribution >= 0.6 is 0 Å². The fourth-order valence-corrected chi connectivity index (χ4v) is 6.01. The quantitative estimate of drug-likeness (QED) is 0.346. The highest BCUT2D eigenvalue weighted by atomic mass is 32.2. The molecule has 202 valence electrons. The zero-order valence-corrected chi connectivity index (χ0v) is 22.6. The van der Waals surface area contributed by atoms with Crippen molar-refractivity contribution in [2.45, 2.75) is 38.1 Å². The molecule has 1 saturated heterocycles. The Morgan fingerprint density at radius 1 is 1.13 bits per heavy atom. The Morgan fingerprint density at radius 2 is 1.89 bits per heavy atom. The Bertz CT molecular complexity index is 1630. The van der Waals surface area contributed by atoms with Gasteiger partial charge in [-0.2, -0.15) is 14.4 Å². The van der Waals surface area contributed by atoms with E-state index in [1.807, 2.05) is 14.0 Å². The molecule has 1 N–H and O–H groups in total. The highest BCUT2D eigenvalue weighted by molar-refractivity contribution is 7.89. The summed E-state index contributed by atoms with van der Waals surface area (Å²) in [6, 6.07) is 4.60. The third-order valence-corrected chi connectivity index (χ3v) is 8.47. The second-order valence-electron chi connectivity index (χ2n) is 9.27. The molecule has 0 radical (unpaired) electrons. The molecule has 38 heavy (non-hydrogen) atoms. The molecule has 1 aliphatic heterocycles. The summed E-state index contributed by atoms with van der Waals surface area (Å²) in [4.78, 5) is 27.1. The number of ether oxygens (including phenoxy) is 1. The van der Waals surface area contributed by atoms with E-state index >= 15 is 0 Å². The van der Waals surface area contributed by atoms with Gasteiger partial charge >= 0.3 is 0 Å². The third kappa shape index (κ3) is 4.81. The van der Waals surface area contributed by atoms with E-state index in [1.165, 1.54) is 23.5 Å². The Morgan fingerprint density at radius 3 is 2.55 bits per heavy atom. The first-order valence-corrected chi connectivity index (χ1v) is 13.8. The number of rotatable bonds is 8. The molecule has 0 atom stereocenters. The van der Waals surface area contributed by atoms with Gasteiger partial charge in [0.15, 0.2) is 11.3 Å². The van der Waals surface area contributed by atoms with Crippen molar-refractivity contribution in [2.24, 2.45) is 0 Å². The predicted molar refractivity (Wildman–Crippen MR) is 139 cm³/mol. The summed E-state index contributed by atoms with van der Waals surface area (Å²) in [5.41, 5.74) is 1.28. The van der Waals surface area contributed by atoms with Gasteiger partial charge in [-0.25, -0.2) is 13.4 Å². The maximum atomic E-state index is 13.4. The predicted octanol–water partition coefficient (Wildman–Crippen LogP) is 1.42. The largest absolute Gasteiger partial charge is 0.496 e. The van der Waals surface area contributed by atoms with Gasteiger partial charge in [0.05, 0.1) is 23.3 Å². The number of likely N-dealkylation sites (N-methyl/N-ethyl adjacent to an activating group) is 1. The number of aromatic nitrogens is 6. The molecular formula is C24H30N8O5S. The summed E-state index contributed by atoms with van der Waals surface area (Å²) in [7, 11) is -0.299. The summed E-state index contributed by atoms with van der Waals surface area (Å²) in [5, 5.41) is 8.42. The summed E-state index contributed by atoms with van der Waals surface area (Å²) >= 11 is 0. The van der Waals surface area contributed by atoms with Gasteiger partial charge in [-0.3, -0.25) is 9.48 Å². The lowest BCUT2D eigenvalue weighted by Crippen LogP contribution is -2.47. The van der Waals surface area contributed by atoms with Crippen molar-refractivity contribution in [3.63, 3.8) is 0 Å². The number of piperazine rings is 1. The second-order valence-corrected chi connectivity index (χ2v) is 11.2. The third-order valence-electron chi connectivity index (χ3n) is 6.57. The van der Waals surface area contributed by atoms with Gasteiger partial charge in [-0.1, -0.05) is 18.5 Å². The van der Waals surface area contributed by atoms with E-state index in [4.69, 9.17) is 14.2 Å². The van der Waals surface area contributed by atoms with Gasteiger partial charge in [0.2, 0.25) is 15.9 Å². The lowest BCUT2D eigenvalue weighted by Gasteiger charge is -2.31. The number of fused-ring (bicyclic) bond motifs is 1. The molecule has 1 aliphatic rings. The fraction of sp³-hybridized carbons (Fsp3) is 0.458. The van der Waals surface area contributed by atoms with Crippen LogP contribution in [-0.4, -0.2) is 87.8 Å². The fourth-order valence-electron chi connectivity index (χ4n) is 4.56. The van der Waals surface area contributed by atoms with E-state index in [1.54, 1.807) is 17.7 Å². The van der Waals surface area contributed by atoms with Crippen LogP contribution in [0.4, 0.5) is 0 Å². The summed E-state index contributed by atoms with van der Waals surface area (Å²) in [6.07, 6.45) is 1.40. The van der Waals surface area contributed by atoms with Crippen molar-refractivity contribution in [3.05, 3.63) is 46.0 Å². The van der Waals surface area contributed by atoms with E-state index in [0.717, 1.165) is 12.1 Å². The van der Waals surface area contributed by atoms with Crippen LogP contribution in [-0.2, 0) is 23.0 Å². The van der Waals surface area contributed by atoms with E-state index in [9.17, 15) is 13.2 Å². The molecule has 0 unspecified atom stereocenters. The van der Waals surface area contributed by atoms with Crippen LogP contribution in [0.1, 0.15) is 30.8 Å². The minimum absolute atomic E-state index is 0.109. The van der Waals surface area contributed by atoms with E-state index in [-0.39, 0.29) is 22.8 Å². The van der Waals surface area contributed by atoms with Crippen molar-refractivity contribution in [1.29, 1.82) is 0 Å². The van der Waals surface area contributed by atoms with E-state index in [0.29, 0.717) is 61.1 Å². The molecule has 14 heteroatoms. The minimum Gasteiger partial charge on any atom is -0.496 e. The first-order chi connectivity index (χ1) is 18.2. The Kier molecular flexibility index (Phi) is 7.03. The second kappa shape index (κ2) is 10.3. The summed E-state index contributed by atoms with van der Waals surface area (Å²) < 4.78 is 40.6. The van der Waals surface area contributed by atoms with Crippen LogP contribution < -0.4 is 10.3 Å². The number of sulfonamides is 1. The standard InChI is InChI=1S/C24H30N8O5S/c1-5-6-18-21-22(28-32(18)14-20-25-15(2)37-29-20)24(33)27-23(26-21)17-13-16(7-8-19(17)36-4)38(34,35)31-11-9-30(3)10-12-31/h7-8,13H,5-6,9-12,14H2,1-4H3,(H,26,27,33). The average Bonchev–Trinajstić information content (AvgIpc) is 3.47. The van der Waals surface area contributed by atoms with Crippen LogP contribution in [0.2, 0.25) is 0 Å². The molecule has 4 aromatic rings. The number of benzene rings is 1. The van der Waals surface area contributed by atoms with Crippen LogP contribution in [0.15, 0.2) is 32.4 Å². The van der Waals surface area contributed by atoms with Crippen LogP contribution in [0.5, 0.6) is 5.75 Å². The van der Waals surface area contributed by atoms with Gasteiger partial charge < -0.3 is 19.1 Å². The molecular weight excluding hydrogens is 512 g/mol.